The van der Waals surface area contributed by atoms with Crippen molar-refractivity contribution in [3.05, 3.63) is 29.8 Å². The molecule has 1 aromatic carbocycles. The first kappa shape index (κ1) is 16.3. The van der Waals surface area contributed by atoms with E-state index in [1.807, 2.05) is 6.07 Å². The Morgan fingerprint density at radius 1 is 1.24 bits per heavy atom. The number of fused-ring (bicyclic) bond motifs is 1. The predicted octanol–water partition coefficient (Wildman–Crippen LogP) is 3.47. The van der Waals surface area contributed by atoms with Gasteiger partial charge in [0.1, 0.15) is 5.75 Å². The molecule has 0 saturated carbocycles. The van der Waals surface area contributed by atoms with Gasteiger partial charge in [-0.3, -0.25) is 0 Å². The summed E-state index contributed by atoms with van der Waals surface area (Å²) in [6, 6.07) is 9.43. The van der Waals surface area contributed by atoms with Gasteiger partial charge in [0, 0.05) is 30.6 Å². The number of likely N-dealkylation sites (N-methyl/N-ethyl adjacent to an activating group) is 1. The molecule has 2 rings (SSSR count). The van der Waals surface area contributed by atoms with E-state index in [0.29, 0.717) is 12.1 Å². The zero-order valence-corrected chi connectivity index (χ0v) is 13.9. The van der Waals surface area contributed by atoms with Crippen molar-refractivity contribution in [2.24, 2.45) is 5.92 Å². The maximum Gasteiger partial charge on any atom is 0.124 e. The smallest absolute Gasteiger partial charge is 0.124 e. The summed E-state index contributed by atoms with van der Waals surface area (Å²) in [5.41, 5.74) is 1.31. The lowest BCUT2D eigenvalue weighted by Gasteiger charge is -2.34. The first-order valence-electron chi connectivity index (χ1n) is 8.28. The maximum atomic E-state index is 5.75. The van der Waals surface area contributed by atoms with Gasteiger partial charge < -0.3 is 15.0 Å². The number of para-hydroxylation sites is 1. The lowest BCUT2D eigenvalue weighted by molar-refractivity contribution is 0.180. The fraction of sp³-hybridized carbons (Fsp3) is 0.667. The average molecular weight is 290 g/mol. The van der Waals surface area contributed by atoms with Gasteiger partial charge in [-0.15, -0.1) is 0 Å². The van der Waals surface area contributed by atoms with Gasteiger partial charge in [-0.2, -0.15) is 0 Å². The number of nitrogens with zero attached hydrogens (tertiary/aromatic N) is 1. The largest absolute Gasteiger partial charge is 0.493 e. The highest BCUT2D eigenvalue weighted by Crippen LogP contribution is 2.31. The molecule has 1 aromatic rings. The van der Waals surface area contributed by atoms with Gasteiger partial charge in [-0.05, 0) is 26.1 Å². The lowest BCUT2D eigenvalue weighted by Crippen LogP contribution is -2.44. The van der Waals surface area contributed by atoms with Crippen LogP contribution in [0.15, 0.2) is 24.3 Å². The summed E-state index contributed by atoms with van der Waals surface area (Å²) in [6.07, 6.45) is 3.54. The van der Waals surface area contributed by atoms with Crippen molar-refractivity contribution >= 4 is 0 Å². The molecule has 3 nitrogen and oxygen atoms in total. The molecule has 118 valence electrons. The molecule has 2 atom stereocenters. The van der Waals surface area contributed by atoms with Crippen LogP contribution in [0.2, 0.25) is 0 Å². The molecule has 0 amide bonds. The SMILES string of the molecule is CCC(CC)C(CNC1CCOc2ccccc21)N(C)C. The summed E-state index contributed by atoms with van der Waals surface area (Å²) in [6.45, 7) is 6.45. The van der Waals surface area contributed by atoms with Crippen LogP contribution in [0.3, 0.4) is 0 Å². The number of rotatable bonds is 7. The van der Waals surface area contributed by atoms with Gasteiger partial charge in [0.05, 0.1) is 6.61 Å². The van der Waals surface area contributed by atoms with Crippen LogP contribution in [-0.2, 0) is 0 Å². The fourth-order valence-corrected chi connectivity index (χ4v) is 3.42. The second kappa shape index (κ2) is 7.81. The van der Waals surface area contributed by atoms with E-state index in [0.717, 1.165) is 31.2 Å². The molecule has 0 bridgehead atoms. The van der Waals surface area contributed by atoms with Crippen LogP contribution >= 0.6 is 0 Å². The standard InChI is InChI=1S/C18H30N2O/c1-5-14(6-2)17(20(3)4)13-19-16-11-12-21-18-10-8-7-9-15(16)18/h7-10,14,16-17,19H,5-6,11-13H2,1-4H3. The average Bonchev–Trinajstić information content (AvgIpc) is 2.51. The molecule has 0 aromatic heterocycles. The first-order chi connectivity index (χ1) is 10.2. The molecular weight excluding hydrogens is 260 g/mol. The Balaban J connectivity index is 2.02. The molecule has 21 heavy (non-hydrogen) atoms. The number of nitrogens with one attached hydrogen (secondary N) is 1. The van der Waals surface area contributed by atoms with Gasteiger partial charge in [-0.1, -0.05) is 44.9 Å². The van der Waals surface area contributed by atoms with Crippen molar-refractivity contribution in [2.75, 3.05) is 27.2 Å². The molecule has 3 heteroatoms. The third kappa shape index (κ3) is 3.98. The van der Waals surface area contributed by atoms with E-state index in [-0.39, 0.29) is 0 Å². The molecular formula is C18H30N2O. The highest BCUT2D eigenvalue weighted by molar-refractivity contribution is 5.37. The van der Waals surface area contributed by atoms with Crippen LogP contribution < -0.4 is 10.1 Å². The van der Waals surface area contributed by atoms with Crippen molar-refractivity contribution in [1.29, 1.82) is 0 Å². The minimum atomic E-state index is 0.423. The Bertz CT molecular complexity index is 429. The Hall–Kier alpha value is -1.06. The minimum absolute atomic E-state index is 0.423. The lowest BCUT2D eigenvalue weighted by atomic mass is 9.92. The van der Waals surface area contributed by atoms with Crippen LogP contribution in [0.25, 0.3) is 0 Å². The van der Waals surface area contributed by atoms with E-state index in [9.17, 15) is 0 Å². The van der Waals surface area contributed by atoms with Crippen LogP contribution in [0.5, 0.6) is 5.75 Å². The summed E-state index contributed by atoms with van der Waals surface area (Å²) in [4.78, 5) is 2.37. The van der Waals surface area contributed by atoms with E-state index >= 15 is 0 Å². The van der Waals surface area contributed by atoms with Crippen molar-refractivity contribution < 1.29 is 4.74 Å². The predicted molar refractivity (Wildman–Crippen MR) is 88.8 cm³/mol. The molecule has 0 aliphatic carbocycles. The molecule has 1 aliphatic rings. The van der Waals surface area contributed by atoms with Gasteiger partial charge in [-0.25, -0.2) is 0 Å². The molecule has 0 radical (unpaired) electrons. The maximum absolute atomic E-state index is 5.75. The number of benzene rings is 1. The van der Waals surface area contributed by atoms with Crippen LogP contribution in [-0.4, -0.2) is 38.2 Å². The van der Waals surface area contributed by atoms with E-state index in [1.165, 1.54) is 18.4 Å². The minimum Gasteiger partial charge on any atom is -0.493 e. The van der Waals surface area contributed by atoms with E-state index in [1.54, 1.807) is 0 Å². The summed E-state index contributed by atoms with van der Waals surface area (Å²) >= 11 is 0. The van der Waals surface area contributed by atoms with Crippen LogP contribution in [0.4, 0.5) is 0 Å². The van der Waals surface area contributed by atoms with Crippen LogP contribution in [0.1, 0.15) is 44.7 Å². The molecule has 2 unspecified atom stereocenters. The van der Waals surface area contributed by atoms with Crippen molar-refractivity contribution in [3.63, 3.8) is 0 Å². The highest BCUT2D eigenvalue weighted by atomic mass is 16.5. The number of hydrogen-bond donors (Lipinski definition) is 1. The zero-order valence-electron chi connectivity index (χ0n) is 13.9. The molecule has 1 N–H and O–H groups in total. The molecule has 0 spiro atoms. The van der Waals surface area contributed by atoms with Gasteiger partial charge >= 0.3 is 0 Å². The Labute approximate surface area is 129 Å². The molecule has 0 saturated heterocycles. The zero-order chi connectivity index (χ0) is 15.2. The quantitative estimate of drug-likeness (QED) is 0.832. The van der Waals surface area contributed by atoms with Gasteiger partial charge in [0.2, 0.25) is 0 Å². The molecule has 1 heterocycles. The topological polar surface area (TPSA) is 24.5 Å². The Morgan fingerprint density at radius 2 is 1.95 bits per heavy atom. The summed E-state index contributed by atoms with van der Waals surface area (Å²) in [7, 11) is 4.39. The summed E-state index contributed by atoms with van der Waals surface area (Å²) in [5.74, 6) is 1.80. The Morgan fingerprint density at radius 3 is 2.62 bits per heavy atom. The highest BCUT2D eigenvalue weighted by Gasteiger charge is 2.25. The van der Waals surface area contributed by atoms with Crippen molar-refractivity contribution in [1.82, 2.24) is 10.2 Å². The number of hydrogen-bond acceptors (Lipinski definition) is 3. The second-order valence-corrected chi connectivity index (χ2v) is 6.24. The summed E-state index contributed by atoms with van der Waals surface area (Å²) in [5, 5.41) is 3.79. The van der Waals surface area contributed by atoms with Gasteiger partial charge in [0.15, 0.2) is 0 Å². The van der Waals surface area contributed by atoms with Gasteiger partial charge in [0.25, 0.3) is 0 Å². The normalized spacial score (nSPS) is 19.4. The fourth-order valence-electron chi connectivity index (χ4n) is 3.42. The monoisotopic (exact) mass is 290 g/mol. The Kier molecular flexibility index (Phi) is 6.07. The third-order valence-corrected chi connectivity index (χ3v) is 4.79. The second-order valence-electron chi connectivity index (χ2n) is 6.24. The van der Waals surface area contributed by atoms with E-state index in [2.05, 4.69) is 56.4 Å². The van der Waals surface area contributed by atoms with Crippen LogP contribution in [0, 0.1) is 5.92 Å². The van der Waals surface area contributed by atoms with Crippen molar-refractivity contribution in [3.8, 4) is 5.75 Å². The summed E-state index contributed by atoms with van der Waals surface area (Å²) < 4.78 is 5.75. The van der Waals surface area contributed by atoms with E-state index in [4.69, 9.17) is 4.74 Å². The molecule has 1 aliphatic heterocycles. The number of ether oxygens (including phenoxy) is 1. The first-order valence-corrected chi connectivity index (χ1v) is 8.28. The third-order valence-electron chi connectivity index (χ3n) is 4.79. The molecule has 0 fully saturated rings. The van der Waals surface area contributed by atoms with E-state index < -0.39 is 0 Å². The van der Waals surface area contributed by atoms with Crippen molar-refractivity contribution in [2.45, 2.75) is 45.2 Å².